The SMILES string of the molecule is CC1=C(CCC2=C(C)Cc3c(C)ccc(C)c32)c2c(C)ccc(C)c2C1. The highest BCUT2D eigenvalue weighted by molar-refractivity contribution is 5.83. The van der Waals surface area contributed by atoms with Gasteiger partial charge in [0.2, 0.25) is 0 Å². The summed E-state index contributed by atoms with van der Waals surface area (Å²) in [6, 6.07) is 9.18. The molecule has 0 heterocycles. The van der Waals surface area contributed by atoms with Crippen LogP contribution < -0.4 is 0 Å². The zero-order valence-corrected chi connectivity index (χ0v) is 17.1. The van der Waals surface area contributed by atoms with Crippen LogP contribution in [0.4, 0.5) is 0 Å². The van der Waals surface area contributed by atoms with E-state index < -0.39 is 0 Å². The lowest BCUT2D eigenvalue weighted by atomic mass is 9.90. The van der Waals surface area contributed by atoms with E-state index >= 15 is 0 Å². The Morgan fingerprint density at radius 3 is 1.27 bits per heavy atom. The molecule has 2 aliphatic rings. The number of rotatable bonds is 3. The average Bonchev–Trinajstić information content (AvgIpc) is 3.11. The summed E-state index contributed by atoms with van der Waals surface area (Å²) in [7, 11) is 0. The van der Waals surface area contributed by atoms with Gasteiger partial charge in [-0.05, 0) is 123 Å². The molecule has 0 atom stereocenters. The van der Waals surface area contributed by atoms with Gasteiger partial charge in [0.1, 0.15) is 0 Å². The summed E-state index contributed by atoms with van der Waals surface area (Å²) in [4.78, 5) is 0. The molecule has 0 unspecified atom stereocenters. The highest BCUT2D eigenvalue weighted by Crippen LogP contribution is 2.44. The van der Waals surface area contributed by atoms with Crippen LogP contribution >= 0.6 is 0 Å². The maximum atomic E-state index is 2.34. The first-order valence-corrected chi connectivity index (χ1v) is 9.94. The van der Waals surface area contributed by atoms with Crippen molar-refractivity contribution >= 4 is 11.1 Å². The Morgan fingerprint density at radius 1 is 0.538 bits per heavy atom. The van der Waals surface area contributed by atoms with Crippen molar-refractivity contribution in [2.24, 2.45) is 0 Å². The topological polar surface area (TPSA) is 0 Å². The molecular formula is C26H30. The lowest BCUT2D eigenvalue weighted by molar-refractivity contribution is 1.06. The van der Waals surface area contributed by atoms with Crippen LogP contribution in [-0.4, -0.2) is 0 Å². The van der Waals surface area contributed by atoms with E-state index in [1.165, 1.54) is 35.1 Å². The van der Waals surface area contributed by atoms with Crippen molar-refractivity contribution in [1.82, 2.24) is 0 Å². The van der Waals surface area contributed by atoms with Gasteiger partial charge in [-0.25, -0.2) is 0 Å². The van der Waals surface area contributed by atoms with Gasteiger partial charge in [-0.15, -0.1) is 0 Å². The molecule has 0 saturated heterocycles. The highest BCUT2D eigenvalue weighted by Gasteiger charge is 2.25. The van der Waals surface area contributed by atoms with E-state index in [-0.39, 0.29) is 0 Å². The summed E-state index contributed by atoms with van der Waals surface area (Å²) in [5, 5.41) is 0. The van der Waals surface area contributed by atoms with Crippen molar-refractivity contribution < 1.29 is 0 Å². The van der Waals surface area contributed by atoms with E-state index in [4.69, 9.17) is 0 Å². The molecule has 0 fully saturated rings. The van der Waals surface area contributed by atoms with Gasteiger partial charge in [-0.1, -0.05) is 35.4 Å². The third-order valence-corrected chi connectivity index (χ3v) is 6.65. The van der Waals surface area contributed by atoms with Crippen molar-refractivity contribution in [3.63, 3.8) is 0 Å². The molecule has 0 bridgehead atoms. The molecular weight excluding hydrogens is 312 g/mol. The standard InChI is InChI=1S/C26H30/c1-15-7-9-17(3)25-21(19(5)13-23(15)25)11-12-22-20(6)14-24-16(2)8-10-18(4)26(22)24/h7-10H,11-14H2,1-6H3. The van der Waals surface area contributed by atoms with Crippen LogP contribution in [0.1, 0.15) is 71.2 Å². The van der Waals surface area contributed by atoms with Crippen LogP contribution in [0.3, 0.4) is 0 Å². The van der Waals surface area contributed by atoms with E-state index in [1.807, 2.05) is 0 Å². The predicted molar refractivity (Wildman–Crippen MR) is 114 cm³/mol. The fourth-order valence-corrected chi connectivity index (χ4v) is 5.13. The van der Waals surface area contributed by atoms with E-state index in [1.54, 1.807) is 44.5 Å². The predicted octanol–water partition coefficient (Wildman–Crippen LogP) is 7.06. The first-order chi connectivity index (χ1) is 12.4. The number of hydrogen-bond acceptors (Lipinski definition) is 0. The van der Waals surface area contributed by atoms with E-state index in [9.17, 15) is 0 Å². The summed E-state index contributed by atoms with van der Waals surface area (Å²) < 4.78 is 0. The summed E-state index contributed by atoms with van der Waals surface area (Å²) in [5.41, 5.74) is 18.4. The molecule has 0 heteroatoms. The normalized spacial score (nSPS) is 15.8. The number of hydrogen-bond donors (Lipinski definition) is 0. The van der Waals surface area contributed by atoms with Gasteiger partial charge in [0.05, 0.1) is 0 Å². The van der Waals surface area contributed by atoms with Crippen molar-refractivity contribution in [2.75, 3.05) is 0 Å². The van der Waals surface area contributed by atoms with Gasteiger partial charge >= 0.3 is 0 Å². The van der Waals surface area contributed by atoms with E-state index in [0.717, 1.165) is 12.8 Å². The summed E-state index contributed by atoms with van der Waals surface area (Å²) in [6.45, 7) is 13.8. The minimum absolute atomic E-state index is 1.14. The van der Waals surface area contributed by atoms with Crippen LogP contribution in [0.25, 0.3) is 11.1 Å². The molecule has 0 N–H and O–H groups in total. The maximum Gasteiger partial charge on any atom is -0.00551 e. The van der Waals surface area contributed by atoms with Crippen molar-refractivity contribution in [3.05, 3.63) is 79.9 Å². The Labute approximate surface area is 158 Å². The van der Waals surface area contributed by atoms with Gasteiger partial charge in [0, 0.05) is 0 Å². The molecule has 0 aliphatic heterocycles. The zero-order valence-electron chi connectivity index (χ0n) is 17.1. The molecule has 0 saturated carbocycles. The third-order valence-electron chi connectivity index (χ3n) is 6.65. The van der Waals surface area contributed by atoms with Crippen molar-refractivity contribution in [3.8, 4) is 0 Å². The molecule has 4 rings (SSSR count). The Hall–Kier alpha value is -2.08. The molecule has 134 valence electrons. The smallest absolute Gasteiger partial charge is 0.00551 e. The Morgan fingerprint density at radius 2 is 0.885 bits per heavy atom. The molecule has 0 amide bonds. The largest absolute Gasteiger partial charge is 0.0651 e. The highest BCUT2D eigenvalue weighted by atomic mass is 14.3. The molecule has 2 aliphatic carbocycles. The van der Waals surface area contributed by atoms with Gasteiger partial charge in [0.25, 0.3) is 0 Å². The van der Waals surface area contributed by atoms with Crippen LogP contribution in [0.2, 0.25) is 0 Å². The Kier molecular flexibility index (Phi) is 4.18. The molecule has 2 aromatic carbocycles. The minimum Gasteiger partial charge on any atom is -0.0651 e. The van der Waals surface area contributed by atoms with Gasteiger partial charge in [-0.2, -0.15) is 0 Å². The number of allylic oxidation sites excluding steroid dienone is 4. The number of benzene rings is 2. The summed E-state index contributed by atoms with van der Waals surface area (Å²) >= 11 is 0. The average molecular weight is 343 g/mol. The molecule has 26 heavy (non-hydrogen) atoms. The Balaban J connectivity index is 1.67. The van der Waals surface area contributed by atoms with E-state index in [2.05, 4.69) is 65.8 Å². The zero-order chi connectivity index (χ0) is 18.6. The quantitative estimate of drug-likeness (QED) is 0.560. The van der Waals surface area contributed by atoms with E-state index in [0.29, 0.717) is 0 Å². The molecule has 0 radical (unpaired) electrons. The molecule has 2 aromatic rings. The maximum absolute atomic E-state index is 2.34. The molecule has 0 spiro atoms. The van der Waals surface area contributed by atoms with Crippen LogP contribution in [-0.2, 0) is 12.8 Å². The third kappa shape index (κ3) is 2.58. The first-order valence-electron chi connectivity index (χ1n) is 9.94. The van der Waals surface area contributed by atoms with Gasteiger partial charge in [-0.3, -0.25) is 0 Å². The Bertz CT molecular complexity index is 898. The minimum atomic E-state index is 1.14. The monoisotopic (exact) mass is 342 g/mol. The lowest BCUT2D eigenvalue weighted by Gasteiger charge is -2.15. The molecule has 0 aromatic heterocycles. The van der Waals surface area contributed by atoms with Crippen LogP contribution in [0.5, 0.6) is 0 Å². The number of aryl methyl sites for hydroxylation is 4. The number of fused-ring (bicyclic) bond motifs is 2. The van der Waals surface area contributed by atoms with Crippen molar-refractivity contribution in [1.29, 1.82) is 0 Å². The summed E-state index contributed by atoms with van der Waals surface area (Å²) in [5.74, 6) is 0. The van der Waals surface area contributed by atoms with Crippen LogP contribution in [0, 0.1) is 27.7 Å². The molecule has 0 nitrogen and oxygen atoms in total. The van der Waals surface area contributed by atoms with Gasteiger partial charge in [0.15, 0.2) is 0 Å². The fraction of sp³-hybridized carbons (Fsp3) is 0.385. The fourth-order valence-electron chi connectivity index (χ4n) is 5.13. The van der Waals surface area contributed by atoms with Crippen LogP contribution in [0.15, 0.2) is 35.4 Å². The van der Waals surface area contributed by atoms with Gasteiger partial charge < -0.3 is 0 Å². The lowest BCUT2D eigenvalue weighted by Crippen LogP contribution is -1.95. The summed E-state index contributed by atoms with van der Waals surface area (Å²) in [6.07, 6.45) is 4.63. The second-order valence-electron chi connectivity index (χ2n) is 8.48. The van der Waals surface area contributed by atoms with Crippen molar-refractivity contribution in [2.45, 2.75) is 67.2 Å². The second-order valence-corrected chi connectivity index (χ2v) is 8.48. The first kappa shape index (κ1) is 17.3. The second kappa shape index (κ2) is 6.27.